The van der Waals surface area contributed by atoms with Gasteiger partial charge in [-0.2, -0.15) is 4.98 Å². The summed E-state index contributed by atoms with van der Waals surface area (Å²) in [5.41, 5.74) is 2.19. The molecule has 1 heterocycles. The van der Waals surface area contributed by atoms with Crippen LogP contribution in [-0.2, 0) is 9.36 Å². The lowest BCUT2D eigenvalue weighted by molar-refractivity contribution is -0.111. The van der Waals surface area contributed by atoms with E-state index in [2.05, 4.69) is 76.9 Å². The second-order valence-electron chi connectivity index (χ2n) is 10.5. The maximum atomic E-state index is 12.8. The Kier molecular flexibility index (Phi) is 11.2. The van der Waals surface area contributed by atoms with Crippen LogP contribution in [0.15, 0.2) is 55.3 Å². The molecule has 0 atom stereocenters. The van der Waals surface area contributed by atoms with Gasteiger partial charge in [-0.15, -0.1) is 0 Å². The van der Waals surface area contributed by atoms with Crippen LogP contribution in [0.1, 0.15) is 33.3 Å². The lowest BCUT2D eigenvalue weighted by atomic mass is 10.1. The van der Waals surface area contributed by atoms with Gasteiger partial charge in [0.1, 0.15) is 17.9 Å². The highest BCUT2D eigenvalue weighted by Crippen LogP contribution is 2.39. The second-order valence-corrected chi connectivity index (χ2v) is 14.1. The van der Waals surface area contributed by atoms with E-state index in [1.54, 1.807) is 32.6 Å². The largest absolute Gasteiger partial charge is 0.495 e. The smallest absolute Gasteiger partial charge is 0.247 e. The van der Waals surface area contributed by atoms with E-state index < -0.39 is 7.14 Å². The highest BCUT2D eigenvalue weighted by Gasteiger charge is 2.18. The molecule has 9 nitrogen and oxygen atoms in total. The number of hydrogen-bond acceptors (Lipinski definition) is 8. The van der Waals surface area contributed by atoms with Crippen molar-refractivity contribution in [2.45, 2.75) is 39.8 Å². The molecular formula is C31H38ClN6O3P. The van der Waals surface area contributed by atoms with Gasteiger partial charge in [-0.1, -0.05) is 42.2 Å². The zero-order chi connectivity index (χ0) is 31.0. The number of nitrogens with one attached hydrogen (secondary N) is 3. The van der Waals surface area contributed by atoms with E-state index in [9.17, 15) is 9.36 Å². The average Bonchev–Trinajstić information content (AvgIpc) is 2.93. The molecule has 0 fully saturated rings. The number of nitrogens with zero attached hydrogens (tertiary/aromatic N) is 3. The van der Waals surface area contributed by atoms with Gasteiger partial charge in [-0.25, -0.2) is 4.98 Å². The topological polar surface area (TPSA) is 108 Å². The predicted octanol–water partition coefficient (Wildman–Crippen LogP) is 6.47. The van der Waals surface area contributed by atoms with Crippen molar-refractivity contribution in [3.63, 3.8) is 0 Å². The van der Waals surface area contributed by atoms with Crippen LogP contribution in [0.3, 0.4) is 0 Å². The Morgan fingerprint density at radius 3 is 2.43 bits per heavy atom. The summed E-state index contributed by atoms with van der Waals surface area (Å²) in [5.74, 6) is 7.05. The molecule has 222 valence electrons. The number of carbonyl (C=O) groups excluding carboxylic acids is 1. The number of anilines is 5. The molecule has 0 bridgehead atoms. The quantitative estimate of drug-likeness (QED) is 0.129. The summed E-state index contributed by atoms with van der Waals surface area (Å²) < 4.78 is 18.5. The second kappa shape index (κ2) is 14.4. The Morgan fingerprint density at radius 1 is 1.12 bits per heavy atom. The van der Waals surface area contributed by atoms with Crippen LogP contribution in [0, 0.1) is 11.8 Å². The minimum Gasteiger partial charge on any atom is -0.495 e. The van der Waals surface area contributed by atoms with Gasteiger partial charge in [0.05, 0.1) is 42.5 Å². The SMILES string of the molecule is C=CC(=O)Nc1cc(Nc2ncc(Cl)c(Nc3ccccc3P(C)(C)=O)n2)c(OC)cc1C#CCN(C(C)C)C(C)C. The summed E-state index contributed by atoms with van der Waals surface area (Å²) in [6.45, 7) is 16.1. The predicted molar refractivity (Wildman–Crippen MR) is 175 cm³/mol. The van der Waals surface area contributed by atoms with E-state index in [0.717, 1.165) is 0 Å². The third kappa shape index (κ3) is 8.59. The van der Waals surface area contributed by atoms with Crippen LogP contribution in [0.5, 0.6) is 5.75 Å². The van der Waals surface area contributed by atoms with Crippen LogP contribution < -0.4 is 26.0 Å². The molecule has 0 aliphatic heterocycles. The van der Waals surface area contributed by atoms with Crippen LogP contribution in [0.2, 0.25) is 5.02 Å². The molecule has 3 rings (SSSR count). The minimum atomic E-state index is -2.57. The number of amides is 1. The van der Waals surface area contributed by atoms with E-state index in [0.29, 0.717) is 58.1 Å². The number of ether oxygens (including phenoxy) is 1. The Balaban J connectivity index is 1.99. The van der Waals surface area contributed by atoms with Crippen molar-refractivity contribution in [2.24, 2.45) is 0 Å². The monoisotopic (exact) mass is 608 g/mol. The zero-order valence-electron chi connectivity index (χ0n) is 25.1. The number of para-hydroxylation sites is 1. The molecule has 0 unspecified atom stereocenters. The van der Waals surface area contributed by atoms with Crippen LogP contribution in [-0.4, -0.2) is 59.8 Å². The first-order valence-corrected chi connectivity index (χ1v) is 16.4. The van der Waals surface area contributed by atoms with Crippen molar-refractivity contribution in [3.8, 4) is 17.6 Å². The third-order valence-electron chi connectivity index (χ3n) is 6.32. The molecule has 42 heavy (non-hydrogen) atoms. The fourth-order valence-electron chi connectivity index (χ4n) is 4.24. The van der Waals surface area contributed by atoms with Crippen molar-refractivity contribution >= 4 is 58.8 Å². The summed E-state index contributed by atoms with van der Waals surface area (Å²) in [6.07, 6.45) is 2.65. The summed E-state index contributed by atoms with van der Waals surface area (Å²) in [7, 11) is -1.03. The van der Waals surface area contributed by atoms with Crippen LogP contribution in [0.4, 0.5) is 28.8 Å². The molecule has 3 aromatic rings. The molecule has 0 saturated carbocycles. The number of methoxy groups -OCH3 is 1. The number of carbonyl (C=O) groups is 1. The first-order valence-electron chi connectivity index (χ1n) is 13.4. The highest BCUT2D eigenvalue weighted by molar-refractivity contribution is 7.70. The van der Waals surface area contributed by atoms with Crippen LogP contribution in [0.25, 0.3) is 0 Å². The molecule has 0 aliphatic carbocycles. The maximum absolute atomic E-state index is 12.8. The molecule has 3 N–H and O–H groups in total. The van der Waals surface area contributed by atoms with Crippen molar-refractivity contribution in [1.82, 2.24) is 14.9 Å². The van der Waals surface area contributed by atoms with E-state index in [-0.39, 0.29) is 16.9 Å². The van der Waals surface area contributed by atoms with Crippen molar-refractivity contribution < 1.29 is 14.1 Å². The van der Waals surface area contributed by atoms with Crippen molar-refractivity contribution in [3.05, 3.63) is 65.8 Å². The standard InChI is InChI=1S/C31H38ClN6O3P/c1-9-29(39)34-25-18-26(27(41-6)17-22(25)13-12-16-38(20(2)3)21(4)5)36-31-33-19-23(32)30(37-31)35-24-14-10-11-15-28(24)42(7,8)40/h9-11,14-15,17-21H,1,16H2,2-8H3,(H,34,39)(H2,33,35,36,37). The fraction of sp³-hybridized carbons (Fsp3) is 0.323. The first-order chi connectivity index (χ1) is 19.8. The van der Waals surface area contributed by atoms with Gasteiger partial charge < -0.3 is 25.3 Å². The molecule has 1 amide bonds. The van der Waals surface area contributed by atoms with Gasteiger partial charge >= 0.3 is 0 Å². The molecule has 1 aromatic heterocycles. The molecule has 0 radical (unpaired) electrons. The average molecular weight is 609 g/mol. The molecule has 0 spiro atoms. The Bertz CT molecular complexity index is 1550. The molecule has 2 aromatic carbocycles. The summed E-state index contributed by atoms with van der Waals surface area (Å²) in [5, 5.41) is 10.1. The lowest BCUT2D eigenvalue weighted by Crippen LogP contribution is -2.37. The summed E-state index contributed by atoms with van der Waals surface area (Å²) in [4.78, 5) is 23.4. The lowest BCUT2D eigenvalue weighted by Gasteiger charge is -2.28. The molecular weight excluding hydrogens is 571 g/mol. The van der Waals surface area contributed by atoms with E-state index in [1.165, 1.54) is 12.3 Å². The van der Waals surface area contributed by atoms with Crippen molar-refractivity contribution in [2.75, 3.05) is 42.9 Å². The van der Waals surface area contributed by atoms with Gasteiger partial charge in [0.2, 0.25) is 11.9 Å². The Hall–Kier alpha value is -3.83. The minimum absolute atomic E-state index is 0.221. The highest BCUT2D eigenvalue weighted by atomic mass is 35.5. The number of benzene rings is 2. The van der Waals surface area contributed by atoms with Gasteiger partial charge in [0.15, 0.2) is 5.82 Å². The summed E-state index contributed by atoms with van der Waals surface area (Å²) in [6, 6.07) is 11.4. The number of hydrogen-bond donors (Lipinski definition) is 3. The van der Waals surface area contributed by atoms with E-state index in [4.69, 9.17) is 16.3 Å². The maximum Gasteiger partial charge on any atom is 0.247 e. The van der Waals surface area contributed by atoms with Gasteiger partial charge in [-0.3, -0.25) is 9.69 Å². The number of aromatic nitrogens is 2. The Morgan fingerprint density at radius 2 is 1.81 bits per heavy atom. The van der Waals surface area contributed by atoms with E-state index >= 15 is 0 Å². The van der Waals surface area contributed by atoms with Gasteiger partial charge in [0.25, 0.3) is 0 Å². The molecule has 11 heteroatoms. The van der Waals surface area contributed by atoms with Crippen molar-refractivity contribution in [1.29, 1.82) is 0 Å². The van der Waals surface area contributed by atoms with Gasteiger partial charge in [0, 0.05) is 23.5 Å². The summed E-state index contributed by atoms with van der Waals surface area (Å²) >= 11 is 6.42. The first kappa shape index (κ1) is 32.7. The molecule has 0 saturated heterocycles. The normalized spacial score (nSPS) is 11.2. The van der Waals surface area contributed by atoms with Gasteiger partial charge in [-0.05, 0) is 65.3 Å². The number of halogens is 1. The van der Waals surface area contributed by atoms with E-state index in [1.807, 2.05) is 24.3 Å². The Labute approximate surface area is 253 Å². The zero-order valence-corrected chi connectivity index (χ0v) is 26.7. The number of rotatable bonds is 11. The third-order valence-corrected chi connectivity index (χ3v) is 8.15. The fourth-order valence-corrected chi connectivity index (χ4v) is 5.53. The van der Waals surface area contributed by atoms with Crippen LogP contribution >= 0.6 is 18.7 Å². The molecule has 0 aliphatic rings.